The van der Waals surface area contributed by atoms with Gasteiger partial charge in [-0.3, -0.25) is 14.4 Å². The van der Waals surface area contributed by atoms with Crippen LogP contribution < -0.4 is 4.90 Å². The van der Waals surface area contributed by atoms with E-state index in [2.05, 4.69) is 0 Å². The molecule has 4 atom stereocenters. The number of anilines is 1. The minimum absolute atomic E-state index is 0.183. The van der Waals surface area contributed by atoms with Crippen LogP contribution in [0.2, 0.25) is 0 Å². The fourth-order valence-electron chi connectivity index (χ4n) is 4.60. The molecule has 2 aromatic rings. The average molecular weight is 379 g/mol. The van der Waals surface area contributed by atoms with Crippen LogP contribution in [0, 0.1) is 18.8 Å². The molecule has 0 aliphatic carbocycles. The Kier molecular flexibility index (Phi) is 4.41. The molecule has 2 aliphatic rings. The maximum atomic E-state index is 13.5. The van der Waals surface area contributed by atoms with Crippen molar-refractivity contribution in [2.45, 2.75) is 19.0 Å². The first-order valence-electron chi connectivity index (χ1n) is 9.13. The van der Waals surface area contributed by atoms with Gasteiger partial charge in [-0.25, -0.2) is 0 Å². The van der Waals surface area contributed by atoms with Gasteiger partial charge in [0.05, 0.1) is 26.2 Å². The van der Waals surface area contributed by atoms with Gasteiger partial charge in [-0.15, -0.1) is 0 Å². The quantitative estimate of drug-likeness (QED) is 0.764. The zero-order chi connectivity index (χ0) is 20.0. The molecule has 2 heterocycles. The van der Waals surface area contributed by atoms with Gasteiger partial charge in [0.1, 0.15) is 12.0 Å². The highest BCUT2D eigenvalue weighted by atomic mass is 16.5. The van der Waals surface area contributed by atoms with Crippen molar-refractivity contribution in [3.63, 3.8) is 0 Å². The lowest BCUT2D eigenvalue weighted by molar-refractivity contribution is -0.156. The number of rotatable bonds is 3. The molecule has 1 fully saturated rings. The number of benzene rings is 2. The molecule has 28 heavy (non-hydrogen) atoms. The summed E-state index contributed by atoms with van der Waals surface area (Å²) in [6.07, 6.45) is 0. The van der Waals surface area contributed by atoms with E-state index < -0.39 is 35.9 Å². The Hall–Kier alpha value is -3.15. The first kappa shape index (κ1) is 18.2. The number of carbonyl (C=O) groups excluding carboxylic acids is 3. The number of ether oxygens (including phenoxy) is 2. The summed E-state index contributed by atoms with van der Waals surface area (Å²) in [4.78, 5) is 40.9. The lowest BCUT2D eigenvalue weighted by Crippen LogP contribution is -2.46. The number of carbonyl (C=O) groups is 3. The Bertz CT molecular complexity index is 955. The number of hydrogen-bond donors (Lipinski definition) is 0. The zero-order valence-electron chi connectivity index (χ0n) is 15.9. The first-order chi connectivity index (χ1) is 13.5. The van der Waals surface area contributed by atoms with E-state index in [-0.39, 0.29) is 5.78 Å². The summed E-state index contributed by atoms with van der Waals surface area (Å²) < 4.78 is 10.0. The summed E-state index contributed by atoms with van der Waals surface area (Å²) in [6, 6.07) is 13.6. The predicted molar refractivity (Wildman–Crippen MR) is 102 cm³/mol. The molecule has 0 unspecified atom stereocenters. The molecule has 144 valence electrons. The van der Waals surface area contributed by atoms with Crippen molar-refractivity contribution in [2.24, 2.45) is 11.8 Å². The Morgan fingerprint density at radius 3 is 2.11 bits per heavy atom. The number of nitrogens with zero attached hydrogens (tertiary/aromatic N) is 1. The topological polar surface area (TPSA) is 72.9 Å². The van der Waals surface area contributed by atoms with E-state index in [1.165, 1.54) is 14.2 Å². The minimum atomic E-state index is -0.942. The SMILES string of the molecule is COC(=O)[C@H]1[C@H](C(=O)OC)[C@H]2c3cc(C)ccc3C(=O)[C@H]1N2c1ccccc1. The maximum Gasteiger partial charge on any atom is 0.312 e. The van der Waals surface area contributed by atoms with Crippen LogP contribution in [0.1, 0.15) is 27.5 Å². The van der Waals surface area contributed by atoms with Gasteiger partial charge in [0.15, 0.2) is 5.78 Å². The number of para-hydroxylation sites is 1. The first-order valence-corrected chi connectivity index (χ1v) is 9.13. The van der Waals surface area contributed by atoms with Gasteiger partial charge in [-0.2, -0.15) is 0 Å². The maximum absolute atomic E-state index is 13.5. The molecule has 0 radical (unpaired) electrons. The van der Waals surface area contributed by atoms with Crippen LogP contribution in [0.3, 0.4) is 0 Å². The number of fused-ring (bicyclic) bond motifs is 4. The zero-order valence-corrected chi connectivity index (χ0v) is 15.9. The van der Waals surface area contributed by atoms with Crippen LogP contribution in [0.25, 0.3) is 0 Å². The van der Waals surface area contributed by atoms with Crippen molar-refractivity contribution < 1.29 is 23.9 Å². The van der Waals surface area contributed by atoms with E-state index in [1.54, 1.807) is 6.07 Å². The molecule has 1 saturated heterocycles. The second kappa shape index (κ2) is 6.78. The van der Waals surface area contributed by atoms with Crippen LogP contribution >= 0.6 is 0 Å². The molecule has 0 saturated carbocycles. The van der Waals surface area contributed by atoms with Crippen LogP contribution in [0.4, 0.5) is 5.69 Å². The van der Waals surface area contributed by atoms with E-state index in [0.717, 1.165) is 16.8 Å². The third-order valence-corrected chi connectivity index (χ3v) is 5.73. The van der Waals surface area contributed by atoms with Crippen LogP contribution in [-0.2, 0) is 19.1 Å². The van der Waals surface area contributed by atoms with Gasteiger partial charge in [-0.05, 0) is 24.6 Å². The summed E-state index contributed by atoms with van der Waals surface area (Å²) in [5.74, 6) is -3.07. The molecule has 0 aromatic heterocycles. The number of methoxy groups -OCH3 is 2. The van der Waals surface area contributed by atoms with Crippen molar-refractivity contribution in [1.82, 2.24) is 0 Å². The highest BCUT2D eigenvalue weighted by Gasteiger charge is 2.62. The largest absolute Gasteiger partial charge is 0.469 e. The van der Waals surface area contributed by atoms with Crippen molar-refractivity contribution >= 4 is 23.4 Å². The molecule has 6 nitrogen and oxygen atoms in total. The van der Waals surface area contributed by atoms with E-state index in [1.807, 2.05) is 54.3 Å². The molecule has 2 aromatic carbocycles. The molecule has 0 amide bonds. The summed E-state index contributed by atoms with van der Waals surface area (Å²) in [5, 5.41) is 0. The third-order valence-electron chi connectivity index (χ3n) is 5.73. The number of esters is 2. The molecular formula is C22H21NO5. The second-order valence-corrected chi connectivity index (χ2v) is 7.19. The van der Waals surface area contributed by atoms with E-state index >= 15 is 0 Å². The standard InChI is InChI=1S/C22H21NO5/c1-12-9-10-14-15(11-12)18-16(21(25)27-2)17(22(26)28-3)19(20(14)24)23(18)13-7-5-4-6-8-13/h4-11,16-19H,1-3H3/t16-,17-,18+,19-/m0/s1. The fraction of sp³-hybridized carbons (Fsp3) is 0.318. The molecule has 2 bridgehead atoms. The summed E-state index contributed by atoms with van der Waals surface area (Å²) >= 11 is 0. The molecule has 0 spiro atoms. The van der Waals surface area contributed by atoms with Gasteiger partial charge in [0, 0.05) is 11.3 Å². The molecule has 4 rings (SSSR count). The predicted octanol–water partition coefficient (Wildman–Crippen LogP) is 2.70. The highest BCUT2D eigenvalue weighted by Crippen LogP contribution is 2.53. The Labute approximate surface area is 163 Å². The Balaban J connectivity index is 2.00. The molecule has 2 aliphatic heterocycles. The Morgan fingerprint density at radius 1 is 0.893 bits per heavy atom. The van der Waals surface area contributed by atoms with Crippen LogP contribution in [0.5, 0.6) is 0 Å². The molecular weight excluding hydrogens is 358 g/mol. The fourth-order valence-corrected chi connectivity index (χ4v) is 4.60. The van der Waals surface area contributed by atoms with Crippen molar-refractivity contribution in [2.75, 3.05) is 19.1 Å². The van der Waals surface area contributed by atoms with Crippen LogP contribution in [-0.4, -0.2) is 38.0 Å². The van der Waals surface area contributed by atoms with Gasteiger partial charge in [0.2, 0.25) is 0 Å². The molecule has 0 N–H and O–H groups in total. The number of hydrogen-bond acceptors (Lipinski definition) is 6. The highest BCUT2D eigenvalue weighted by molar-refractivity contribution is 6.10. The summed E-state index contributed by atoms with van der Waals surface area (Å²) in [7, 11) is 2.57. The second-order valence-electron chi connectivity index (χ2n) is 7.19. The van der Waals surface area contributed by atoms with Crippen molar-refractivity contribution in [1.29, 1.82) is 0 Å². The van der Waals surface area contributed by atoms with Gasteiger partial charge in [0.25, 0.3) is 0 Å². The number of aryl methyl sites for hydroxylation is 1. The van der Waals surface area contributed by atoms with E-state index in [4.69, 9.17) is 9.47 Å². The van der Waals surface area contributed by atoms with Gasteiger partial charge >= 0.3 is 11.9 Å². The van der Waals surface area contributed by atoms with Crippen molar-refractivity contribution in [3.05, 3.63) is 65.2 Å². The van der Waals surface area contributed by atoms with E-state index in [9.17, 15) is 14.4 Å². The smallest absolute Gasteiger partial charge is 0.312 e. The van der Waals surface area contributed by atoms with Gasteiger partial charge < -0.3 is 14.4 Å². The minimum Gasteiger partial charge on any atom is -0.469 e. The van der Waals surface area contributed by atoms with Crippen molar-refractivity contribution in [3.8, 4) is 0 Å². The monoisotopic (exact) mass is 379 g/mol. The number of ketones is 1. The summed E-state index contributed by atoms with van der Waals surface area (Å²) in [6.45, 7) is 1.93. The lowest BCUT2D eigenvalue weighted by Gasteiger charge is -2.38. The molecule has 6 heteroatoms. The lowest BCUT2D eigenvalue weighted by atomic mass is 9.86. The van der Waals surface area contributed by atoms with Crippen LogP contribution in [0.15, 0.2) is 48.5 Å². The Morgan fingerprint density at radius 2 is 1.50 bits per heavy atom. The third kappa shape index (κ3) is 2.52. The van der Waals surface area contributed by atoms with Gasteiger partial charge in [-0.1, -0.05) is 42.0 Å². The number of Topliss-reactive ketones (excluding diaryl/α,β-unsaturated/α-hetero) is 1. The van der Waals surface area contributed by atoms with E-state index in [0.29, 0.717) is 5.56 Å². The average Bonchev–Trinajstić information content (AvgIpc) is 3.03. The normalized spacial score (nSPS) is 25.2. The summed E-state index contributed by atoms with van der Waals surface area (Å²) in [5.41, 5.74) is 3.04.